The van der Waals surface area contributed by atoms with Gasteiger partial charge in [-0.3, -0.25) is 4.99 Å². The van der Waals surface area contributed by atoms with E-state index in [1.807, 2.05) is 0 Å². The summed E-state index contributed by atoms with van der Waals surface area (Å²) in [4.78, 5) is 7.43. The Morgan fingerprint density at radius 1 is 1.24 bits per heavy atom. The Bertz CT molecular complexity index is 358. The summed E-state index contributed by atoms with van der Waals surface area (Å²) in [6, 6.07) is 2.23. The fourth-order valence-corrected chi connectivity index (χ4v) is 4.16. The van der Waals surface area contributed by atoms with Gasteiger partial charge in [0.05, 0.1) is 6.04 Å². The highest BCUT2D eigenvalue weighted by atomic mass is 15.4. The van der Waals surface area contributed by atoms with E-state index in [0.29, 0.717) is 11.5 Å². The molecule has 1 N–H and O–H groups in total. The molecule has 0 aromatic carbocycles. The molecule has 0 aromatic heterocycles. The van der Waals surface area contributed by atoms with Crippen LogP contribution in [0, 0.1) is 5.41 Å². The van der Waals surface area contributed by atoms with E-state index in [1.54, 1.807) is 0 Å². The van der Waals surface area contributed by atoms with Gasteiger partial charge in [-0.2, -0.15) is 0 Å². The van der Waals surface area contributed by atoms with Gasteiger partial charge in [0.1, 0.15) is 0 Å². The number of hydrogen-bond acceptors (Lipinski definition) is 3. The third-order valence-electron chi connectivity index (χ3n) is 5.49. The highest BCUT2D eigenvalue weighted by molar-refractivity contribution is 5.84. The van der Waals surface area contributed by atoms with E-state index in [2.05, 4.69) is 17.1 Å². The van der Waals surface area contributed by atoms with Crippen molar-refractivity contribution in [3.63, 3.8) is 0 Å². The molecule has 17 heavy (non-hydrogen) atoms. The minimum absolute atomic E-state index is 0.606. The lowest BCUT2D eigenvalue weighted by Crippen LogP contribution is -2.51. The number of rotatable bonds is 1. The summed E-state index contributed by atoms with van der Waals surface area (Å²) in [5, 5.41) is 3.70. The van der Waals surface area contributed by atoms with Crippen LogP contribution < -0.4 is 5.32 Å². The average Bonchev–Trinajstić information content (AvgIpc) is 2.99. The minimum atomic E-state index is 0.606. The van der Waals surface area contributed by atoms with Gasteiger partial charge < -0.3 is 10.2 Å². The van der Waals surface area contributed by atoms with Gasteiger partial charge in [-0.1, -0.05) is 19.8 Å². The molecule has 0 spiro atoms. The van der Waals surface area contributed by atoms with Crippen molar-refractivity contribution in [2.45, 2.75) is 70.0 Å². The van der Waals surface area contributed by atoms with Crippen molar-refractivity contribution in [3.8, 4) is 0 Å². The molecule has 2 saturated carbocycles. The first-order chi connectivity index (χ1) is 8.28. The molecule has 0 radical (unpaired) electrons. The number of aliphatic imine (C=N–C) groups is 1. The zero-order valence-corrected chi connectivity index (χ0v) is 10.8. The maximum atomic E-state index is 4.74. The van der Waals surface area contributed by atoms with Crippen LogP contribution in [0.15, 0.2) is 4.99 Å². The molecule has 3 heteroatoms. The molecule has 3 unspecified atom stereocenters. The molecule has 4 rings (SSSR count). The van der Waals surface area contributed by atoms with Crippen LogP contribution in [0.5, 0.6) is 0 Å². The molecule has 2 heterocycles. The molecule has 4 aliphatic rings. The molecular weight excluding hydrogens is 210 g/mol. The van der Waals surface area contributed by atoms with Crippen molar-refractivity contribution < 1.29 is 0 Å². The molecule has 3 atom stereocenters. The summed E-state index contributed by atoms with van der Waals surface area (Å²) in [7, 11) is 0. The summed E-state index contributed by atoms with van der Waals surface area (Å²) in [6.45, 7) is 3.52. The SMILES string of the molecule is CC1(C2CCN=C3NC4CCCCC4N32)CC1. The number of guanidine groups is 1. The predicted octanol–water partition coefficient (Wildman–Crippen LogP) is 2.13. The van der Waals surface area contributed by atoms with Crippen molar-refractivity contribution >= 4 is 5.96 Å². The fraction of sp³-hybridized carbons (Fsp3) is 0.929. The van der Waals surface area contributed by atoms with E-state index in [9.17, 15) is 0 Å². The van der Waals surface area contributed by atoms with Crippen molar-refractivity contribution in [2.24, 2.45) is 10.4 Å². The predicted molar refractivity (Wildman–Crippen MR) is 69.1 cm³/mol. The fourth-order valence-electron chi connectivity index (χ4n) is 4.16. The van der Waals surface area contributed by atoms with Gasteiger partial charge >= 0.3 is 0 Å². The molecule has 1 saturated heterocycles. The van der Waals surface area contributed by atoms with Gasteiger partial charge in [0, 0.05) is 18.6 Å². The normalized spacial score (nSPS) is 42.3. The standard InChI is InChI=1S/C14H23N3/c1-14(7-8-14)12-6-9-15-13-16-10-4-2-3-5-11(10)17(12)13/h10-12H,2-9H2,1H3,(H,15,16). The second kappa shape index (κ2) is 3.39. The number of nitrogens with zero attached hydrogens (tertiary/aromatic N) is 2. The van der Waals surface area contributed by atoms with Crippen LogP contribution in [-0.2, 0) is 0 Å². The average molecular weight is 233 g/mol. The Balaban J connectivity index is 1.66. The quantitative estimate of drug-likeness (QED) is 0.751. The van der Waals surface area contributed by atoms with Crippen molar-refractivity contribution in [3.05, 3.63) is 0 Å². The Kier molecular flexibility index (Phi) is 2.04. The number of hydrogen-bond donors (Lipinski definition) is 1. The van der Waals surface area contributed by atoms with E-state index < -0.39 is 0 Å². The summed E-state index contributed by atoms with van der Waals surface area (Å²) < 4.78 is 0. The van der Waals surface area contributed by atoms with Crippen molar-refractivity contribution in [2.75, 3.05) is 6.54 Å². The van der Waals surface area contributed by atoms with Crippen LogP contribution in [0.25, 0.3) is 0 Å². The first kappa shape index (κ1) is 10.2. The van der Waals surface area contributed by atoms with Gasteiger partial charge in [-0.25, -0.2) is 0 Å². The molecular formula is C14H23N3. The second-order valence-electron chi connectivity index (χ2n) is 6.67. The lowest BCUT2D eigenvalue weighted by atomic mass is 9.87. The molecule has 0 amide bonds. The molecule has 0 aromatic rings. The topological polar surface area (TPSA) is 27.6 Å². The lowest BCUT2D eigenvalue weighted by molar-refractivity contribution is 0.138. The second-order valence-corrected chi connectivity index (χ2v) is 6.67. The van der Waals surface area contributed by atoms with Gasteiger partial charge in [0.25, 0.3) is 0 Å². The first-order valence-electron chi connectivity index (χ1n) is 7.37. The Morgan fingerprint density at radius 3 is 2.88 bits per heavy atom. The van der Waals surface area contributed by atoms with E-state index in [0.717, 1.165) is 18.6 Å². The third kappa shape index (κ3) is 1.44. The van der Waals surface area contributed by atoms with Crippen LogP contribution in [0.2, 0.25) is 0 Å². The van der Waals surface area contributed by atoms with Gasteiger partial charge in [-0.15, -0.1) is 0 Å². The highest BCUT2D eigenvalue weighted by Gasteiger charge is 2.53. The van der Waals surface area contributed by atoms with E-state index in [4.69, 9.17) is 4.99 Å². The molecule has 2 aliphatic carbocycles. The van der Waals surface area contributed by atoms with Crippen LogP contribution in [-0.4, -0.2) is 35.5 Å². The first-order valence-corrected chi connectivity index (χ1v) is 7.37. The van der Waals surface area contributed by atoms with Gasteiger partial charge in [0.15, 0.2) is 5.96 Å². The van der Waals surface area contributed by atoms with Gasteiger partial charge in [0.2, 0.25) is 0 Å². The van der Waals surface area contributed by atoms with Gasteiger partial charge in [-0.05, 0) is 37.5 Å². The maximum Gasteiger partial charge on any atom is 0.194 e. The zero-order valence-electron chi connectivity index (χ0n) is 10.8. The summed E-state index contributed by atoms with van der Waals surface area (Å²) >= 11 is 0. The van der Waals surface area contributed by atoms with Crippen molar-refractivity contribution in [1.82, 2.24) is 10.2 Å². The molecule has 2 aliphatic heterocycles. The summed E-state index contributed by atoms with van der Waals surface area (Å²) in [5.74, 6) is 1.24. The van der Waals surface area contributed by atoms with E-state index in [-0.39, 0.29) is 0 Å². The third-order valence-corrected chi connectivity index (χ3v) is 5.49. The molecule has 3 fully saturated rings. The Hall–Kier alpha value is -0.730. The minimum Gasteiger partial charge on any atom is -0.351 e. The maximum absolute atomic E-state index is 4.74. The number of fused-ring (bicyclic) bond motifs is 3. The lowest BCUT2D eigenvalue weighted by Gasteiger charge is -2.41. The van der Waals surface area contributed by atoms with E-state index in [1.165, 1.54) is 50.9 Å². The summed E-state index contributed by atoms with van der Waals surface area (Å²) in [6.07, 6.45) is 9.68. The van der Waals surface area contributed by atoms with Crippen LogP contribution >= 0.6 is 0 Å². The molecule has 0 bridgehead atoms. The largest absolute Gasteiger partial charge is 0.351 e. The monoisotopic (exact) mass is 233 g/mol. The zero-order chi connectivity index (χ0) is 11.5. The summed E-state index contributed by atoms with van der Waals surface area (Å²) in [5.41, 5.74) is 0.606. The smallest absolute Gasteiger partial charge is 0.194 e. The van der Waals surface area contributed by atoms with Crippen molar-refractivity contribution in [1.29, 1.82) is 0 Å². The van der Waals surface area contributed by atoms with Crippen LogP contribution in [0.3, 0.4) is 0 Å². The molecule has 3 nitrogen and oxygen atoms in total. The number of nitrogens with one attached hydrogen (secondary N) is 1. The Morgan fingerprint density at radius 2 is 2.06 bits per heavy atom. The Labute approximate surface area is 104 Å². The van der Waals surface area contributed by atoms with Crippen LogP contribution in [0.1, 0.15) is 51.9 Å². The molecule has 94 valence electrons. The van der Waals surface area contributed by atoms with E-state index >= 15 is 0 Å². The van der Waals surface area contributed by atoms with Crippen LogP contribution in [0.4, 0.5) is 0 Å². The highest BCUT2D eigenvalue weighted by Crippen LogP contribution is 2.53.